The first kappa shape index (κ1) is 13.1. The molecule has 0 aromatic carbocycles. The van der Waals surface area contributed by atoms with Crippen molar-refractivity contribution in [3.05, 3.63) is 21.9 Å². The van der Waals surface area contributed by atoms with Crippen molar-refractivity contribution in [3.63, 3.8) is 0 Å². The Labute approximate surface area is 117 Å². The van der Waals surface area contributed by atoms with Gasteiger partial charge in [-0.2, -0.15) is 0 Å². The molecule has 19 heavy (non-hydrogen) atoms. The Morgan fingerprint density at radius 3 is 3.00 bits per heavy atom. The van der Waals surface area contributed by atoms with Crippen LogP contribution in [0.2, 0.25) is 0 Å². The van der Waals surface area contributed by atoms with Gasteiger partial charge in [-0.15, -0.1) is 11.3 Å². The molecule has 1 aromatic heterocycles. The first-order valence-corrected chi connectivity index (χ1v) is 7.76. The second-order valence-corrected chi connectivity index (χ2v) is 5.98. The smallest absolute Gasteiger partial charge is 0.264 e. The summed E-state index contributed by atoms with van der Waals surface area (Å²) in [6.07, 6.45) is 2.73. The van der Waals surface area contributed by atoms with Crippen LogP contribution in [0.1, 0.15) is 35.0 Å². The van der Waals surface area contributed by atoms with Crippen LogP contribution in [0.5, 0.6) is 0 Å². The molecule has 0 radical (unpaired) electrons. The van der Waals surface area contributed by atoms with Crippen molar-refractivity contribution in [2.75, 3.05) is 26.3 Å². The summed E-state index contributed by atoms with van der Waals surface area (Å²) in [6, 6.07) is 2.04. The Morgan fingerprint density at radius 2 is 2.26 bits per heavy atom. The summed E-state index contributed by atoms with van der Waals surface area (Å²) < 4.78 is 11.4. The van der Waals surface area contributed by atoms with Gasteiger partial charge in [0.05, 0.1) is 24.6 Å². The number of hydrogen-bond donors (Lipinski definition) is 0. The van der Waals surface area contributed by atoms with Crippen LogP contribution in [0.15, 0.2) is 11.4 Å². The van der Waals surface area contributed by atoms with Gasteiger partial charge in [0, 0.05) is 13.0 Å². The lowest BCUT2D eigenvalue weighted by atomic mass is 10.0. The van der Waals surface area contributed by atoms with Crippen LogP contribution in [0.3, 0.4) is 0 Å². The van der Waals surface area contributed by atoms with Crippen LogP contribution in [-0.4, -0.2) is 42.9 Å². The van der Waals surface area contributed by atoms with Gasteiger partial charge in [-0.05, 0) is 29.9 Å². The zero-order valence-corrected chi connectivity index (χ0v) is 12.0. The Balaban J connectivity index is 1.76. The molecule has 0 N–H and O–H groups in total. The first-order chi connectivity index (χ1) is 9.24. The molecule has 3 heterocycles. The van der Waals surface area contributed by atoms with E-state index >= 15 is 0 Å². The summed E-state index contributed by atoms with van der Waals surface area (Å²) >= 11 is 1.53. The van der Waals surface area contributed by atoms with Crippen molar-refractivity contribution in [2.45, 2.75) is 32.0 Å². The number of hydrogen-bond acceptors (Lipinski definition) is 4. The summed E-state index contributed by atoms with van der Waals surface area (Å²) in [4.78, 5) is 15.4. The van der Waals surface area contributed by atoms with Crippen LogP contribution < -0.4 is 0 Å². The monoisotopic (exact) mass is 281 g/mol. The number of thiophene rings is 1. The third-order valence-electron chi connectivity index (χ3n) is 3.84. The number of ether oxygens (including phenoxy) is 2. The lowest BCUT2D eigenvalue weighted by molar-refractivity contribution is -0.183. The third-order valence-corrected chi connectivity index (χ3v) is 4.78. The van der Waals surface area contributed by atoms with E-state index in [2.05, 4.69) is 6.92 Å². The highest BCUT2D eigenvalue weighted by molar-refractivity contribution is 7.12. The molecule has 0 bridgehead atoms. The average Bonchev–Trinajstić information content (AvgIpc) is 3.07. The normalized spacial score (nSPS) is 22.1. The van der Waals surface area contributed by atoms with E-state index in [4.69, 9.17) is 9.47 Å². The second-order valence-electron chi connectivity index (χ2n) is 5.07. The maximum absolute atomic E-state index is 12.6. The lowest BCUT2D eigenvalue weighted by Crippen LogP contribution is -2.51. The van der Waals surface area contributed by atoms with E-state index in [1.54, 1.807) is 0 Å². The molecule has 0 atom stereocenters. The van der Waals surface area contributed by atoms with E-state index in [0.29, 0.717) is 19.8 Å². The van der Waals surface area contributed by atoms with Crippen molar-refractivity contribution in [1.82, 2.24) is 4.90 Å². The van der Waals surface area contributed by atoms with Gasteiger partial charge in [0.15, 0.2) is 5.79 Å². The molecule has 4 nitrogen and oxygen atoms in total. The van der Waals surface area contributed by atoms with Gasteiger partial charge in [-0.3, -0.25) is 4.79 Å². The van der Waals surface area contributed by atoms with E-state index in [1.165, 1.54) is 11.3 Å². The number of carbonyl (C=O) groups excluding carboxylic acids is 1. The number of piperidine rings is 1. The van der Waals surface area contributed by atoms with Gasteiger partial charge in [0.1, 0.15) is 0 Å². The maximum atomic E-state index is 12.6. The molecule has 2 fully saturated rings. The van der Waals surface area contributed by atoms with Crippen LogP contribution in [0.4, 0.5) is 0 Å². The molecule has 2 aliphatic heterocycles. The predicted molar refractivity (Wildman–Crippen MR) is 73.5 cm³/mol. The van der Waals surface area contributed by atoms with Gasteiger partial charge in [-0.25, -0.2) is 0 Å². The molecule has 1 amide bonds. The Bertz CT molecular complexity index is 465. The fraction of sp³-hybridized carbons (Fsp3) is 0.643. The summed E-state index contributed by atoms with van der Waals surface area (Å²) in [5.74, 6) is -0.401. The van der Waals surface area contributed by atoms with Crippen LogP contribution >= 0.6 is 11.3 Å². The Kier molecular flexibility index (Phi) is 3.60. The van der Waals surface area contributed by atoms with Gasteiger partial charge >= 0.3 is 0 Å². The highest BCUT2D eigenvalue weighted by atomic mass is 32.1. The van der Waals surface area contributed by atoms with Crippen molar-refractivity contribution in [2.24, 2.45) is 0 Å². The largest absolute Gasteiger partial charge is 0.346 e. The van der Waals surface area contributed by atoms with Crippen molar-refractivity contribution < 1.29 is 14.3 Å². The minimum Gasteiger partial charge on any atom is -0.346 e. The molecule has 1 spiro atoms. The summed E-state index contributed by atoms with van der Waals surface area (Å²) in [5.41, 5.74) is 1.14. The number of rotatable bonds is 2. The minimum absolute atomic E-state index is 0.130. The Hall–Kier alpha value is -0.910. The Morgan fingerprint density at radius 1 is 1.47 bits per heavy atom. The molecular formula is C14H19NO3S. The molecule has 0 unspecified atom stereocenters. The predicted octanol–water partition coefficient (Wildman–Crippen LogP) is 2.29. The number of likely N-dealkylation sites (tertiary alicyclic amines) is 1. The summed E-state index contributed by atoms with van der Waals surface area (Å²) in [5, 5.41) is 1.99. The van der Waals surface area contributed by atoms with Gasteiger partial charge in [0.2, 0.25) is 0 Å². The fourth-order valence-electron chi connectivity index (χ4n) is 2.84. The van der Waals surface area contributed by atoms with Crippen LogP contribution in [0, 0.1) is 0 Å². The average molecular weight is 281 g/mol. The number of carbonyl (C=O) groups is 1. The maximum Gasteiger partial charge on any atom is 0.264 e. The number of nitrogens with zero attached hydrogens (tertiary/aromatic N) is 1. The number of aryl methyl sites for hydroxylation is 1. The summed E-state index contributed by atoms with van der Waals surface area (Å²) in [7, 11) is 0. The SMILES string of the molecule is CCc1ccsc1C(=O)N1CCCC2(C1)OCCO2. The molecule has 0 aliphatic carbocycles. The second kappa shape index (κ2) is 5.23. The molecule has 3 rings (SSSR count). The van der Waals surface area contributed by atoms with Crippen molar-refractivity contribution >= 4 is 17.2 Å². The highest BCUT2D eigenvalue weighted by Gasteiger charge is 2.42. The fourth-order valence-corrected chi connectivity index (χ4v) is 3.80. The van der Waals surface area contributed by atoms with Gasteiger partial charge in [-0.1, -0.05) is 6.92 Å². The van der Waals surface area contributed by atoms with Gasteiger partial charge < -0.3 is 14.4 Å². The van der Waals surface area contributed by atoms with E-state index in [1.807, 2.05) is 16.3 Å². The molecule has 2 aliphatic rings. The molecular weight excluding hydrogens is 262 g/mol. The third kappa shape index (κ3) is 2.42. The molecule has 104 valence electrons. The highest BCUT2D eigenvalue weighted by Crippen LogP contribution is 2.31. The van der Waals surface area contributed by atoms with Gasteiger partial charge in [0.25, 0.3) is 5.91 Å². The zero-order chi connectivity index (χ0) is 13.3. The van der Waals surface area contributed by atoms with Crippen molar-refractivity contribution in [3.8, 4) is 0 Å². The van der Waals surface area contributed by atoms with E-state index in [0.717, 1.165) is 36.2 Å². The van der Waals surface area contributed by atoms with Crippen LogP contribution in [0.25, 0.3) is 0 Å². The molecule has 0 saturated carbocycles. The quantitative estimate of drug-likeness (QED) is 0.835. The van der Waals surface area contributed by atoms with E-state index in [-0.39, 0.29) is 5.91 Å². The molecule has 5 heteroatoms. The number of amides is 1. The lowest BCUT2D eigenvalue weighted by Gasteiger charge is -2.38. The van der Waals surface area contributed by atoms with Crippen molar-refractivity contribution in [1.29, 1.82) is 0 Å². The topological polar surface area (TPSA) is 38.8 Å². The minimum atomic E-state index is -0.530. The molecule has 1 aromatic rings. The molecule has 2 saturated heterocycles. The van der Waals surface area contributed by atoms with E-state index < -0.39 is 5.79 Å². The zero-order valence-electron chi connectivity index (χ0n) is 11.2. The first-order valence-electron chi connectivity index (χ1n) is 6.88. The van der Waals surface area contributed by atoms with Crippen LogP contribution in [-0.2, 0) is 15.9 Å². The van der Waals surface area contributed by atoms with E-state index in [9.17, 15) is 4.79 Å². The standard InChI is InChI=1S/C14H19NO3S/c1-2-11-4-9-19-12(11)13(16)15-6-3-5-14(10-15)17-7-8-18-14/h4,9H,2-3,5-8,10H2,1H3. The summed E-state index contributed by atoms with van der Waals surface area (Å²) in [6.45, 7) is 4.73.